The summed E-state index contributed by atoms with van der Waals surface area (Å²) in [6.45, 7) is 1.80. The second-order valence-electron chi connectivity index (χ2n) is 7.30. The Kier molecular flexibility index (Phi) is 4.73. The molecule has 0 radical (unpaired) electrons. The summed E-state index contributed by atoms with van der Waals surface area (Å²) >= 11 is 0. The van der Waals surface area contributed by atoms with Gasteiger partial charge < -0.3 is 23.9 Å². The fraction of sp³-hybridized carbons (Fsp3) is 0.526. The van der Waals surface area contributed by atoms with Crippen molar-refractivity contribution >= 4 is 11.8 Å². The van der Waals surface area contributed by atoms with Crippen molar-refractivity contribution < 1.29 is 18.7 Å². The number of aromatic nitrogens is 2. The van der Waals surface area contributed by atoms with Gasteiger partial charge in [0.1, 0.15) is 0 Å². The summed E-state index contributed by atoms with van der Waals surface area (Å²) in [4.78, 5) is 30.6. The van der Waals surface area contributed by atoms with E-state index in [1.54, 1.807) is 29.1 Å². The van der Waals surface area contributed by atoms with Gasteiger partial charge in [-0.2, -0.15) is 0 Å². The first-order valence-electron chi connectivity index (χ1n) is 9.32. The first kappa shape index (κ1) is 17.8. The number of likely N-dealkylation sites (tertiary alicyclic amines) is 1. The molecule has 4 heterocycles. The fourth-order valence-electron chi connectivity index (χ4n) is 3.94. The van der Waals surface area contributed by atoms with Crippen LogP contribution in [-0.2, 0) is 11.8 Å². The molecule has 4 rings (SSSR count). The van der Waals surface area contributed by atoms with Crippen LogP contribution in [0.5, 0.6) is 0 Å². The minimum Gasteiger partial charge on any atom is -0.459 e. The number of carbonyl (C=O) groups is 2. The summed E-state index contributed by atoms with van der Waals surface area (Å²) in [5.74, 6) is 0.526. The van der Waals surface area contributed by atoms with Gasteiger partial charge in [-0.25, -0.2) is 4.98 Å². The number of nitrogens with one attached hydrogen (secondary N) is 1. The van der Waals surface area contributed by atoms with Crippen LogP contribution >= 0.6 is 0 Å². The molecule has 144 valence electrons. The summed E-state index contributed by atoms with van der Waals surface area (Å²) < 4.78 is 13.1. The van der Waals surface area contributed by atoms with E-state index in [9.17, 15) is 9.59 Å². The smallest absolute Gasteiger partial charge is 0.289 e. The van der Waals surface area contributed by atoms with E-state index < -0.39 is 0 Å². The Hall–Kier alpha value is -2.61. The number of nitrogens with zero attached hydrogens (tertiary/aromatic N) is 3. The third kappa shape index (κ3) is 3.62. The number of hydrogen-bond acceptors (Lipinski definition) is 5. The lowest BCUT2D eigenvalue weighted by Gasteiger charge is -2.39. The van der Waals surface area contributed by atoms with Crippen LogP contribution < -0.4 is 5.32 Å². The van der Waals surface area contributed by atoms with Gasteiger partial charge in [-0.05, 0) is 37.8 Å². The number of furan rings is 1. The van der Waals surface area contributed by atoms with Crippen molar-refractivity contribution in [2.75, 3.05) is 19.6 Å². The van der Waals surface area contributed by atoms with E-state index >= 15 is 0 Å². The van der Waals surface area contributed by atoms with Crippen LogP contribution in [0.3, 0.4) is 0 Å². The Bertz CT molecular complexity index is 806. The van der Waals surface area contributed by atoms with Crippen molar-refractivity contribution in [1.82, 2.24) is 19.8 Å². The molecular weight excluding hydrogens is 348 g/mol. The van der Waals surface area contributed by atoms with Crippen molar-refractivity contribution in [2.24, 2.45) is 7.05 Å². The van der Waals surface area contributed by atoms with Crippen LogP contribution in [0.1, 0.15) is 46.9 Å². The standard InChI is InChI=1S/C19H24N4O4/c1-22-11-8-20-16(22)18(25)23-9-6-19(7-10-23)5-4-14(27-19)13-21-17(24)15-3-2-12-26-15/h2-3,8,11-12,14H,4-7,9-10,13H2,1H3,(H,21,24). The van der Waals surface area contributed by atoms with Gasteiger partial charge in [0.25, 0.3) is 11.8 Å². The van der Waals surface area contributed by atoms with E-state index in [-0.39, 0.29) is 23.5 Å². The zero-order valence-corrected chi connectivity index (χ0v) is 15.4. The molecular formula is C19H24N4O4. The van der Waals surface area contributed by atoms with Crippen molar-refractivity contribution in [3.63, 3.8) is 0 Å². The molecule has 2 aliphatic heterocycles. The van der Waals surface area contributed by atoms with Crippen LogP contribution in [0.25, 0.3) is 0 Å². The molecule has 1 spiro atoms. The third-order valence-electron chi connectivity index (χ3n) is 5.55. The van der Waals surface area contributed by atoms with Crippen molar-refractivity contribution in [3.05, 3.63) is 42.4 Å². The minimum absolute atomic E-state index is 0.000652. The Balaban J connectivity index is 1.27. The predicted octanol–water partition coefficient (Wildman–Crippen LogP) is 1.60. The van der Waals surface area contributed by atoms with E-state index in [1.807, 2.05) is 11.9 Å². The molecule has 2 aliphatic rings. The molecule has 2 fully saturated rings. The number of carbonyl (C=O) groups excluding carboxylic acids is 2. The Labute approximate surface area is 157 Å². The van der Waals surface area contributed by atoms with Gasteiger partial charge >= 0.3 is 0 Å². The van der Waals surface area contributed by atoms with Gasteiger partial charge in [0.15, 0.2) is 11.6 Å². The number of amides is 2. The molecule has 27 heavy (non-hydrogen) atoms. The Morgan fingerprint density at radius 1 is 1.33 bits per heavy atom. The molecule has 0 aliphatic carbocycles. The van der Waals surface area contributed by atoms with E-state index in [0.717, 1.165) is 25.7 Å². The van der Waals surface area contributed by atoms with Crippen LogP contribution in [0.2, 0.25) is 0 Å². The molecule has 1 atom stereocenters. The van der Waals surface area contributed by atoms with Gasteiger partial charge in [0.05, 0.1) is 18.0 Å². The molecule has 2 saturated heterocycles. The summed E-state index contributed by atoms with van der Waals surface area (Å²) in [6, 6.07) is 3.33. The number of ether oxygens (including phenoxy) is 1. The normalized spacial score (nSPS) is 21.5. The topological polar surface area (TPSA) is 89.6 Å². The zero-order valence-electron chi connectivity index (χ0n) is 15.4. The second-order valence-corrected chi connectivity index (χ2v) is 7.30. The van der Waals surface area contributed by atoms with Gasteiger partial charge in [-0.1, -0.05) is 0 Å². The minimum atomic E-state index is -0.222. The molecule has 0 saturated carbocycles. The van der Waals surface area contributed by atoms with E-state index in [1.165, 1.54) is 6.26 Å². The fourth-order valence-corrected chi connectivity index (χ4v) is 3.94. The molecule has 8 heteroatoms. The molecule has 0 aromatic carbocycles. The molecule has 1 N–H and O–H groups in total. The lowest BCUT2D eigenvalue weighted by Crippen LogP contribution is -2.47. The highest BCUT2D eigenvalue weighted by molar-refractivity contribution is 5.91. The maximum Gasteiger partial charge on any atom is 0.289 e. The number of rotatable bonds is 4. The highest BCUT2D eigenvalue weighted by Crippen LogP contribution is 2.38. The van der Waals surface area contributed by atoms with Crippen molar-refractivity contribution in [1.29, 1.82) is 0 Å². The van der Waals surface area contributed by atoms with Crippen LogP contribution in [-0.4, -0.2) is 57.6 Å². The first-order valence-corrected chi connectivity index (χ1v) is 9.32. The first-order chi connectivity index (χ1) is 13.1. The lowest BCUT2D eigenvalue weighted by atomic mass is 9.88. The van der Waals surface area contributed by atoms with E-state index in [2.05, 4.69) is 10.3 Å². The van der Waals surface area contributed by atoms with Crippen molar-refractivity contribution in [3.8, 4) is 0 Å². The SMILES string of the molecule is Cn1ccnc1C(=O)N1CCC2(CCC(CNC(=O)c3ccco3)O2)CC1. The Morgan fingerprint density at radius 3 is 2.81 bits per heavy atom. The lowest BCUT2D eigenvalue weighted by molar-refractivity contribution is -0.0713. The summed E-state index contributed by atoms with van der Waals surface area (Å²) in [5.41, 5.74) is -0.182. The van der Waals surface area contributed by atoms with Gasteiger partial charge in [-0.15, -0.1) is 0 Å². The zero-order chi connectivity index (χ0) is 18.9. The monoisotopic (exact) mass is 372 g/mol. The quantitative estimate of drug-likeness (QED) is 0.880. The molecule has 0 bridgehead atoms. The predicted molar refractivity (Wildman–Crippen MR) is 96.2 cm³/mol. The highest BCUT2D eigenvalue weighted by atomic mass is 16.5. The summed E-state index contributed by atoms with van der Waals surface area (Å²) in [5, 5.41) is 2.87. The van der Waals surface area contributed by atoms with Crippen LogP contribution in [0, 0.1) is 0 Å². The van der Waals surface area contributed by atoms with E-state index in [4.69, 9.17) is 9.15 Å². The molecule has 2 amide bonds. The maximum atomic E-state index is 12.6. The number of aryl methyl sites for hydroxylation is 1. The van der Waals surface area contributed by atoms with E-state index in [0.29, 0.717) is 31.2 Å². The average molecular weight is 372 g/mol. The van der Waals surface area contributed by atoms with Crippen LogP contribution in [0.15, 0.2) is 35.2 Å². The number of piperidine rings is 1. The van der Waals surface area contributed by atoms with Gasteiger partial charge in [-0.3, -0.25) is 9.59 Å². The largest absolute Gasteiger partial charge is 0.459 e. The molecule has 2 aromatic heterocycles. The molecule has 2 aromatic rings. The van der Waals surface area contributed by atoms with Crippen molar-refractivity contribution in [2.45, 2.75) is 37.4 Å². The molecule has 1 unspecified atom stereocenters. The van der Waals surface area contributed by atoms with Gasteiger partial charge in [0, 0.05) is 39.1 Å². The number of hydrogen-bond donors (Lipinski definition) is 1. The number of imidazole rings is 1. The Morgan fingerprint density at radius 2 is 2.15 bits per heavy atom. The molecule has 8 nitrogen and oxygen atoms in total. The maximum absolute atomic E-state index is 12.6. The van der Waals surface area contributed by atoms with Gasteiger partial charge in [0.2, 0.25) is 0 Å². The summed E-state index contributed by atoms with van der Waals surface area (Å²) in [7, 11) is 1.83. The summed E-state index contributed by atoms with van der Waals surface area (Å²) in [6.07, 6.45) is 8.39. The highest BCUT2D eigenvalue weighted by Gasteiger charge is 2.43. The second kappa shape index (κ2) is 7.19. The average Bonchev–Trinajstić information content (AvgIpc) is 3.42. The van der Waals surface area contributed by atoms with Crippen LogP contribution in [0.4, 0.5) is 0 Å². The third-order valence-corrected chi connectivity index (χ3v) is 5.55.